The first-order valence-electron chi connectivity index (χ1n) is 7.19. The largest absolute Gasteiger partial charge is 0.383 e. The highest BCUT2D eigenvalue weighted by molar-refractivity contribution is 6.38. The first kappa shape index (κ1) is 14.0. The summed E-state index contributed by atoms with van der Waals surface area (Å²) < 4.78 is 1.82. The molecule has 23 heavy (non-hydrogen) atoms. The summed E-state index contributed by atoms with van der Waals surface area (Å²) in [5.41, 5.74) is 8.77. The van der Waals surface area contributed by atoms with Crippen molar-refractivity contribution >= 4 is 39.5 Å². The smallest absolute Gasteiger partial charge is 0.164 e. The molecule has 0 atom stereocenters. The Bertz CT molecular complexity index is 1030. The normalized spacial score (nSPS) is 11.8. The van der Waals surface area contributed by atoms with E-state index in [2.05, 4.69) is 25.0 Å². The van der Waals surface area contributed by atoms with E-state index in [0.717, 1.165) is 5.39 Å². The van der Waals surface area contributed by atoms with E-state index in [-0.39, 0.29) is 6.04 Å². The van der Waals surface area contributed by atoms with Crippen LogP contribution in [0.3, 0.4) is 0 Å². The molecule has 0 amide bonds. The van der Waals surface area contributed by atoms with Gasteiger partial charge in [0.05, 0.1) is 16.1 Å². The standard InChI is InChI=1S/C15H14ClN7/c1-7(2)23-15-9(13(17)19-6-20-15)11(22-23)12-10(16)8-4-3-5-18-14(8)21-12/h3-7H,1-2H3,(H,18,21)(H2,17,19,20). The molecular formula is C15H14ClN7. The van der Waals surface area contributed by atoms with Gasteiger partial charge in [0.25, 0.3) is 0 Å². The molecule has 116 valence electrons. The molecule has 0 aliphatic rings. The summed E-state index contributed by atoms with van der Waals surface area (Å²) in [5.74, 6) is 0.375. The Kier molecular flexibility index (Phi) is 2.99. The van der Waals surface area contributed by atoms with Gasteiger partial charge in [0.1, 0.15) is 23.5 Å². The minimum atomic E-state index is 0.127. The minimum absolute atomic E-state index is 0.127. The molecule has 8 heteroatoms. The van der Waals surface area contributed by atoms with Gasteiger partial charge in [-0.3, -0.25) is 0 Å². The fraction of sp³-hybridized carbons (Fsp3) is 0.200. The number of halogens is 1. The van der Waals surface area contributed by atoms with Gasteiger partial charge in [-0.15, -0.1) is 0 Å². The van der Waals surface area contributed by atoms with E-state index in [1.807, 2.05) is 30.7 Å². The molecule has 0 aliphatic carbocycles. The summed E-state index contributed by atoms with van der Waals surface area (Å²) in [6.45, 7) is 4.06. The summed E-state index contributed by atoms with van der Waals surface area (Å²) >= 11 is 6.53. The third kappa shape index (κ3) is 1.97. The van der Waals surface area contributed by atoms with Crippen LogP contribution < -0.4 is 5.73 Å². The number of aromatic amines is 1. The molecule has 4 aromatic heterocycles. The third-order valence-corrected chi connectivity index (χ3v) is 4.14. The van der Waals surface area contributed by atoms with Crippen LogP contribution in [-0.2, 0) is 0 Å². The van der Waals surface area contributed by atoms with Gasteiger partial charge in [0, 0.05) is 17.6 Å². The van der Waals surface area contributed by atoms with Gasteiger partial charge in [-0.1, -0.05) is 11.6 Å². The summed E-state index contributed by atoms with van der Waals surface area (Å²) in [6.07, 6.45) is 3.15. The van der Waals surface area contributed by atoms with E-state index in [9.17, 15) is 0 Å². The van der Waals surface area contributed by atoms with Crippen molar-refractivity contribution in [3.63, 3.8) is 0 Å². The molecule has 4 rings (SSSR count). The molecule has 0 bridgehead atoms. The lowest BCUT2D eigenvalue weighted by molar-refractivity contribution is 0.547. The second kappa shape index (κ2) is 4.92. The second-order valence-electron chi connectivity index (χ2n) is 5.56. The maximum absolute atomic E-state index is 6.53. The SMILES string of the molecule is CC(C)n1nc(-c2[nH]c3ncccc3c2Cl)c2c(N)ncnc21. The molecular weight excluding hydrogens is 314 g/mol. The van der Waals surface area contributed by atoms with Crippen molar-refractivity contribution in [2.75, 3.05) is 5.73 Å². The van der Waals surface area contributed by atoms with Crippen molar-refractivity contribution < 1.29 is 0 Å². The van der Waals surface area contributed by atoms with Crippen molar-refractivity contribution in [1.82, 2.24) is 29.7 Å². The van der Waals surface area contributed by atoms with Crippen molar-refractivity contribution in [2.24, 2.45) is 0 Å². The number of nitrogen functional groups attached to an aromatic ring is 1. The summed E-state index contributed by atoms with van der Waals surface area (Å²) in [6, 6.07) is 3.88. The number of fused-ring (bicyclic) bond motifs is 2. The fourth-order valence-corrected chi connectivity index (χ4v) is 2.97. The molecule has 0 spiro atoms. The van der Waals surface area contributed by atoms with Gasteiger partial charge in [0.2, 0.25) is 0 Å². The average molecular weight is 328 g/mol. The first-order valence-corrected chi connectivity index (χ1v) is 7.57. The Labute approximate surface area is 136 Å². The van der Waals surface area contributed by atoms with Crippen LogP contribution in [0.2, 0.25) is 5.02 Å². The molecule has 0 radical (unpaired) electrons. The number of nitrogens with two attached hydrogens (primary N) is 1. The fourth-order valence-electron chi connectivity index (χ4n) is 2.68. The van der Waals surface area contributed by atoms with Gasteiger partial charge >= 0.3 is 0 Å². The van der Waals surface area contributed by atoms with Gasteiger partial charge < -0.3 is 10.7 Å². The molecule has 0 saturated carbocycles. The van der Waals surface area contributed by atoms with Crippen molar-refractivity contribution in [3.8, 4) is 11.4 Å². The first-order chi connectivity index (χ1) is 11.1. The Morgan fingerprint density at radius 2 is 2.09 bits per heavy atom. The maximum Gasteiger partial charge on any atom is 0.164 e. The van der Waals surface area contributed by atoms with Crippen molar-refractivity contribution in [2.45, 2.75) is 19.9 Å². The van der Waals surface area contributed by atoms with Crippen molar-refractivity contribution in [3.05, 3.63) is 29.7 Å². The quantitative estimate of drug-likeness (QED) is 0.589. The topological polar surface area (TPSA) is 98.3 Å². The number of pyridine rings is 1. The molecule has 0 fully saturated rings. The molecule has 0 aliphatic heterocycles. The number of hydrogen-bond donors (Lipinski definition) is 2. The van der Waals surface area contributed by atoms with Crippen LogP contribution in [0.25, 0.3) is 33.5 Å². The zero-order chi connectivity index (χ0) is 16.1. The predicted molar refractivity (Wildman–Crippen MR) is 90.2 cm³/mol. The van der Waals surface area contributed by atoms with E-state index in [4.69, 9.17) is 17.3 Å². The highest BCUT2D eigenvalue weighted by Gasteiger charge is 2.22. The molecule has 4 heterocycles. The van der Waals surface area contributed by atoms with E-state index in [1.165, 1.54) is 6.33 Å². The monoisotopic (exact) mass is 327 g/mol. The lowest BCUT2D eigenvalue weighted by Crippen LogP contribution is -2.04. The predicted octanol–water partition coefficient (Wildman–Crippen LogP) is 3.19. The lowest BCUT2D eigenvalue weighted by atomic mass is 10.2. The number of H-pyrrole nitrogens is 1. The number of hydrogen-bond acceptors (Lipinski definition) is 5. The van der Waals surface area contributed by atoms with Gasteiger partial charge in [-0.2, -0.15) is 5.10 Å². The van der Waals surface area contributed by atoms with Crippen LogP contribution in [0.15, 0.2) is 24.7 Å². The van der Waals surface area contributed by atoms with Crippen LogP contribution in [0.5, 0.6) is 0 Å². The molecule has 3 N–H and O–H groups in total. The highest BCUT2D eigenvalue weighted by atomic mass is 35.5. The van der Waals surface area contributed by atoms with Crippen LogP contribution in [0, 0.1) is 0 Å². The maximum atomic E-state index is 6.53. The Balaban J connectivity index is 2.10. The number of aromatic nitrogens is 6. The molecule has 0 aromatic carbocycles. The van der Waals surface area contributed by atoms with Gasteiger partial charge in [-0.25, -0.2) is 19.6 Å². The van der Waals surface area contributed by atoms with Crippen LogP contribution in [0.1, 0.15) is 19.9 Å². The number of nitrogens with one attached hydrogen (secondary N) is 1. The lowest BCUT2D eigenvalue weighted by Gasteiger charge is -2.05. The highest BCUT2D eigenvalue weighted by Crippen LogP contribution is 2.38. The van der Waals surface area contributed by atoms with E-state index in [1.54, 1.807) is 6.20 Å². The Hall–Kier alpha value is -2.67. The summed E-state index contributed by atoms with van der Waals surface area (Å²) in [4.78, 5) is 15.9. The van der Waals surface area contributed by atoms with E-state index in [0.29, 0.717) is 38.9 Å². The van der Waals surface area contributed by atoms with Gasteiger partial charge in [-0.05, 0) is 26.0 Å². The van der Waals surface area contributed by atoms with Gasteiger partial charge in [0.15, 0.2) is 5.65 Å². The van der Waals surface area contributed by atoms with Crippen molar-refractivity contribution in [1.29, 1.82) is 0 Å². The summed E-state index contributed by atoms with van der Waals surface area (Å²) in [5, 5.41) is 6.76. The number of anilines is 1. The average Bonchev–Trinajstić information content (AvgIpc) is 3.07. The van der Waals surface area contributed by atoms with E-state index < -0.39 is 0 Å². The summed E-state index contributed by atoms with van der Waals surface area (Å²) in [7, 11) is 0. The minimum Gasteiger partial charge on any atom is -0.383 e. The molecule has 0 saturated heterocycles. The van der Waals surface area contributed by atoms with E-state index >= 15 is 0 Å². The molecule has 7 nitrogen and oxygen atoms in total. The Morgan fingerprint density at radius 3 is 2.83 bits per heavy atom. The van der Waals surface area contributed by atoms with Crippen LogP contribution in [-0.4, -0.2) is 29.7 Å². The second-order valence-corrected chi connectivity index (χ2v) is 5.94. The number of rotatable bonds is 2. The molecule has 0 unspecified atom stereocenters. The Morgan fingerprint density at radius 1 is 1.26 bits per heavy atom. The number of nitrogens with zero attached hydrogens (tertiary/aromatic N) is 5. The zero-order valence-electron chi connectivity index (χ0n) is 12.6. The zero-order valence-corrected chi connectivity index (χ0v) is 13.3. The van der Waals surface area contributed by atoms with Crippen LogP contribution in [0.4, 0.5) is 5.82 Å². The third-order valence-electron chi connectivity index (χ3n) is 3.75. The van der Waals surface area contributed by atoms with Crippen LogP contribution >= 0.6 is 11.6 Å². The molecule has 4 aromatic rings.